The molecule has 30 heavy (non-hydrogen) atoms. The fourth-order valence-corrected chi connectivity index (χ4v) is 4.54. The van der Waals surface area contributed by atoms with E-state index in [1.807, 2.05) is 55.4 Å². The standard InChI is InChI=1S/C24H37NO4S/c1-17(2)10-9-11-21(8)16-23(29-24(26)25(18(3)4)19(5)6)30(27,28)22-14-12-20(7)13-15-22/h10,12-16,18-19,23H,9,11H2,1-8H3/b21-16+. The second kappa shape index (κ2) is 11.3. The number of amides is 1. The molecular formula is C24H37NO4S. The minimum Gasteiger partial charge on any atom is -0.425 e. The molecule has 1 rings (SSSR count). The van der Waals surface area contributed by atoms with Gasteiger partial charge in [0, 0.05) is 12.1 Å². The average Bonchev–Trinajstić information content (AvgIpc) is 2.60. The van der Waals surface area contributed by atoms with Gasteiger partial charge < -0.3 is 9.64 Å². The number of benzene rings is 1. The molecule has 1 atom stereocenters. The van der Waals surface area contributed by atoms with Crippen molar-refractivity contribution in [3.05, 3.63) is 53.1 Å². The van der Waals surface area contributed by atoms with Crippen LogP contribution in [0.2, 0.25) is 0 Å². The fraction of sp³-hybridized carbons (Fsp3) is 0.542. The molecule has 0 spiro atoms. The number of allylic oxidation sites excluding steroid dienone is 3. The van der Waals surface area contributed by atoms with E-state index in [1.54, 1.807) is 35.2 Å². The van der Waals surface area contributed by atoms with Crippen molar-refractivity contribution < 1.29 is 17.9 Å². The Labute approximate surface area is 182 Å². The summed E-state index contributed by atoms with van der Waals surface area (Å²) < 4.78 is 32.2. The Hall–Kier alpha value is -2.08. The zero-order valence-corrected chi connectivity index (χ0v) is 20.4. The van der Waals surface area contributed by atoms with E-state index in [-0.39, 0.29) is 17.0 Å². The van der Waals surface area contributed by atoms with Gasteiger partial charge >= 0.3 is 6.09 Å². The Balaban J connectivity index is 3.29. The van der Waals surface area contributed by atoms with Crippen LogP contribution in [0.4, 0.5) is 4.79 Å². The van der Waals surface area contributed by atoms with Crippen molar-refractivity contribution in [1.29, 1.82) is 0 Å². The van der Waals surface area contributed by atoms with Crippen LogP contribution < -0.4 is 0 Å². The van der Waals surface area contributed by atoms with E-state index < -0.39 is 21.4 Å². The molecule has 1 aromatic carbocycles. The Morgan fingerprint density at radius 2 is 1.57 bits per heavy atom. The van der Waals surface area contributed by atoms with Gasteiger partial charge in [0.15, 0.2) is 0 Å². The summed E-state index contributed by atoms with van der Waals surface area (Å²) in [4.78, 5) is 14.5. The number of hydrogen-bond acceptors (Lipinski definition) is 4. The maximum Gasteiger partial charge on any atom is 0.411 e. The summed E-state index contributed by atoms with van der Waals surface area (Å²) in [6.07, 6.45) is 4.53. The molecule has 0 radical (unpaired) electrons. The number of carbonyl (C=O) groups excluding carboxylic acids is 1. The highest BCUT2D eigenvalue weighted by atomic mass is 32.2. The molecule has 0 N–H and O–H groups in total. The van der Waals surface area contributed by atoms with Crippen LogP contribution in [0.1, 0.15) is 66.9 Å². The van der Waals surface area contributed by atoms with Crippen molar-refractivity contribution in [2.75, 3.05) is 0 Å². The van der Waals surface area contributed by atoms with Gasteiger partial charge in [0.05, 0.1) is 4.90 Å². The maximum atomic E-state index is 13.3. The largest absolute Gasteiger partial charge is 0.425 e. The van der Waals surface area contributed by atoms with Gasteiger partial charge in [0.2, 0.25) is 15.3 Å². The summed E-state index contributed by atoms with van der Waals surface area (Å²) >= 11 is 0. The molecule has 1 aromatic rings. The van der Waals surface area contributed by atoms with E-state index in [1.165, 1.54) is 5.57 Å². The molecule has 0 aromatic heterocycles. The van der Waals surface area contributed by atoms with Gasteiger partial charge in [-0.2, -0.15) is 0 Å². The number of hydrogen-bond donors (Lipinski definition) is 0. The lowest BCUT2D eigenvalue weighted by Crippen LogP contribution is -2.44. The first-order valence-corrected chi connectivity index (χ1v) is 12.0. The highest BCUT2D eigenvalue weighted by Crippen LogP contribution is 2.23. The number of ether oxygens (including phenoxy) is 1. The van der Waals surface area contributed by atoms with E-state index in [0.29, 0.717) is 6.42 Å². The van der Waals surface area contributed by atoms with Gasteiger partial charge in [0.25, 0.3) is 0 Å². The summed E-state index contributed by atoms with van der Waals surface area (Å²) in [5.41, 5.74) is 1.66. The lowest BCUT2D eigenvalue weighted by atomic mass is 10.1. The first-order valence-electron chi connectivity index (χ1n) is 10.5. The average molecular weight is 436 g/mol. The zero-order chi connectivity index (χ0) is 23.1. The molecule has 1 amide bonds. The van der Waals surface area contributed by atoms with Crippen molar-refractivity contribution in [3.63, 3.8) is 0 Å². The molecule has 0 saturated heterocycles. The van der Waals surface area contributed by atoms with Crippen molar-refractivity contribution in [1.82, 2.24) is 4.90 Å². The second-order valence-electron chi connectivity index (χ2n) is 8.54. The van der Waals surface area contributed by atoms with Gasteiger partial charge in [0.1, 0.15) is 0 Å². The van der Waals surface area contributed by atoms with Crippen LogP contribution >= 0.6 is 0 Å². The topological polar surface area (TPSA) is 63.7 Å². The normalized spacial score (nSPS) is 13.3. The van der Waals surface area contributed by atoms with Gasteiger partial charge in [-0.1, -0.05) is 34.9 Å². The van der Waals surface area contributed by atoms with Gasteiger partial charge in [-0.25, -0.2) is 13.2 Å². The first kappa shape index (κ1) is 26.0. The number of sulfone groups is 1. The monoisotopic (exact) mass is 435 g/mol. The number of carbonyl (C=O) groups is 1. The molecule has 0 heterocycles. The molecular weight excluding hydrogens is 398 g/mol. The third kappa shape index (κ3) is 7.63. The number of nitrogens with zero attached hydrogens (tertiary/aromatic N) is 1. The molecule has 6 heteroatoms. The SMILES string of the molecule is CC(C)=CCC/C(C)=C/C(OC(=O)N(C(C)C)C(C)C)S(=O)(=O)c1ccc(C)cc1. The zero-order valence-electron chi connectivity index (χ0n) is 19.6. The first-order chi connectivity index (χ1) is 13.9. The fourth-order valence-electron chi connectivity index (χ4n) is 3.13. The third-order valence-corrected chi connectivity index (χ3v) is 6.48. The van der Waals surface area contributed by atoms with Crippen LogP contribution in [0, 0.1) is 6.92 Å². The third-order valence-electron chi connectivity index (χ3n) is 4.71. The molecule has 0 aliphatic rings. The smallest absolute Gasteiger partial charge is 0.411 e. The van der Waals surface area contributed by atoms with Crippen molar-refractivity contribution in [2.24, 2.45) is 0 Å². The number of rotatable bonds is 9. The van der Waals surface area contributed by atoms with E-state index in [9.17, 15) is 13.2 Å². The Bertz CT molecular complexity index is 853. The maximum absolute atomic E-state index is 13.3. The molecule has 0 bridgehead atoms. The van der Waals surface area contributed by atoms with E-state index >= 15 is 0 Å². The molecule has 5 nitrogen and oxygen atoms in total. The van der Waals surface area contributed by atoms with Crippen LogP contribution in [0.15, 0.2) is 52.5 Å². The molecule has 0 aliphatic carbocycles. The van der Waals surface area contributed by atoms with E-state index in [4.69, 9.17) is 4.74 Å². The summed E-state index contributed by atoms with van der Waals surface area (Å²) in [5, 5.41) is 0. The van der Waals surface area contributed by atoms with Crippen LogP contribution in [0.25, 0.3) is 0 Å². The molecule has 1 unspecified atom stereocenters. The van der Waals surface area contributed by atoms with Crippen LogP contribution in [-0.2, 0) is 14.6 Å². The highest BCUT2D eigenvalue weighted by Gasteiger charge is 2.32. The molecule has 0 saturated carbocycles. The Morgan fingerprint density at radius 3 is 2.03 bits per heavy atom. The van der Waals surface area contributed by atoms with Crippen LogP contribution in [0.5, 0.6) is 0 Å². The predicted molar refractivity (Wildman–Crippen MR) is 123 cm³/mol. The van der Waals surface area contributed by atoms with E-state index in [0.717, 1.165) is 17.6 Å². The minimum atomic E-state index is -3.90. The summed E-state index contributed by atoms with van der Waals surface area (Å²) in [6.45, 7) is 15.3. The predicted octanol–water partition coefficient (Wildman–Crippen LogP) is 6.04. The minimum absolute atomic E-state index is 0.108. The van der Waals surface area contributed by atoms with Crippen molar-refractivity contribution >= 4 is 15.9 Å². The van der Waals surface area contributed by atoms with Gasteiger partial charge in [-0.15, -0.1) is 0 Å². The quantitative estimate of drug-likeness (QED) is 0.443. The van der Waals surface area contributed by atoms with Crippen molar-refractivity contribution in [2.45, 2.75) is 90.6 Å². The molecule has 168 valence electrons. The Morgan fingerprint density at radius 1 is 1.03 bits per heavy atom. The molecule has 0 fully saturated rings. The lowest BCUT2D eigenvalue weighted by Gasteiger charge is -2.31. The lowest BCUT2D eigenvalue weighted by molar-refractivity contribution is 0.0782. The number of aryl methyl sites for hydroxylation is 1. The summed E-state index contributed by atoms with van der Waals surface area (Å²) in [6, 6.07) is 6.38. The van der Waals surface area contributed by atoms with Gasteiger partial charge in [-0.05, 0) is 86.4 Å². The second-order valence-corrected chi connectivity index (χ2v) is 10.6. The van der Waals surface area contributed by atoms with Crippen LogP contribution in [-0.4, -0.2) is 36.9 Å². The van der Waals surface area contributed by atoms with Crippen LogP contribution in [0.3, 0.4) is 0 Å². The Kier molecular flexibility index (Phi) is 9.82. The molecule has 0 aliphatic heterocycles. The van der Waals surface area contributed by atoms with E-state index in [2.05, 4.69) is 6.08 Å². The summed E-state index contributed by atoms with van der Waals surface area (Å²) in [7, 11) is -3.90. The summed E-state index contributed by atoms with van der Waals surface area (Å²) in [5.74, 6) is 0. The van der Waals surface area contributed by atoms with Gasteiger partial charge in [-0.3, -0.25) is 0 Å². The highest BCUT2D eigenvalue weighted by molar-refractivity contribution is 7.92. The van der Waals surface area contributed by atoms with Crippen molar-refractivity contribution in [3.8, 4) is 0 Å².